The largest absolute Gasteiger partial charge is 0.381 e. The van der Waals surface area contributed by atoms with Crippen LogP contribution in [0.15, 0.2) is 42.5 Å². The van der Waals surface area contributed by atoms with Gasteiger partial charge in [0.25, 0.3) is 0 Å². The van der Waals surface area contributed by atoms with E-state index in [-0.39, 0.29) is 5.82 Å². The van der Waals surface area contributed by atoms with E-state index in [0.717, 1.165) is 17.7 Å². The third-order valence-electron chi connectivity index (χ3n) is 2.83. The van der Waals surface area contributed by atoms with Crippen molar-refractivity contribution in [3.63, 3.8) is 0 Å². The van der Waals surface area contributed by atoms with E-state index in [1.54, 1.807) is 6.07 Å². The van der Waals surface area contributed by atoms with Gasteiger partial charge in [-0.25, -0.2) is 4.39 Å². The minimum Gasteiger partial charge on any atom is -0.381 e. The van der Waals surface area contributed by atoms with Gasteiger partial charge in [-0.15, -0.1) is 0 Å². The Kier molecular flexibility index (Phi) is 4.21. The van der Waals surface area contributed by atoms with Gasteiger partial charge < -0.3 is 5.32 Å². The van der Waals surface area contributed by atoms with E-state index >= 15 is 0 Å². The molecule has 0 unspecified atom stereocenters. The van der Waals surface area contributed by atoms with Crippen LogP contribution < -0.4 is 5.32 Å². The molecule has 0 atom stereocenters. The molecular formula is C15H15ClFN. The Hall–Kier alpha value is -1.54. The van der Waals surface area contributed by atoms with E-state index in [0.29, 0.717) is 11.6 Å². The summed E-state index contributed by atoms with van der Waals surface area (Å²) in [5.41, 5.74) is 3.05. The van der Waals surface area contributed by atoms with Gasteiger partial charge in [-0.2, -0.15) is 0 Å². The summed E-state index contributed by atoms with van der Waals surface area (Å²) in [5, 5.41) is 3.83. The first-order valence-corrected chi connectivity index (χ1v) is 6.33. The van der Waals surface area contributed by atoms with Crippen molar-refractivity contribution in [3.05, 3.63) is 64.4 Å². The Bertz CT molecular complexity index is 540. The molecule has 0 aliphatic carbocycles. The number of halogens is 2. The zero-order valence-corrected chi connectivity index (χ0v) is 11.0. The van der Waals surface area contributed by atoms with Crippen LogP contribution in [-0.4, -0.2) is 0 Å². The van der Waals surface area contributed by atoms with Crippen LogP contribution in [0.5, 0.6) is 0 Å². The predicted octanol–water partition coefficient (Wildman–Crippen LogP) is 4.65. The summed E-state index contributed by atoms with van der Waals surface area (Å²) in [7, 11) is 0. The minimum absolute atomic E-state index is 0.265. The van der Waals surface area contributed by atoms with Crippen LogP contribution in [0.1, 0.15) is 18.1 Å². The summed E-state index contributed by atoms with van der Waals surface area (Å²) in [4.78, 5) is 0. The molecule has 0 fully saturated rings. The van der Waals surface area contributed by atoms with Gasteiger partial charge in [0, 0.05) is 17.3 Å². The molecule has 2 aromatic rings. The molecule has 0 aliphatic heterocycles. The SMILES string of the molecule is CCc1cccc(NCc2cc(F)ccc2Cl)c1. The van der Waals surface area contributed by atoms with Gasteiger partial charge in [0.2, 0.25) is 0 Å². The molecule has 94 valence electrons. The molecule has 1 nitrogen and oxygen atoms in total. The van der Waals surface area contributed by atoms with E-state index in [2.05, 4.69) is 24.4 Å². The van der Waals surface area contributed by atoms with Crippen molar-refractivity contribution >= 4 is 17.3 Å². The number of hydrogen-bond donors (Lipinski definition) is 1. The van der Waals surface area contributed by atoms with Crippen LogP contribution in [0.4, 0.5) is 10.1 Å². The first-order valence-electron chi connectivity index (χ1n) is 5.96. The number of aryl methyl sites for hydroxylation is 1. The smallest absolute Gasteiger partial charge is 0.123 e. The first kappa shape index (κ1) is 12.9. The molecule has 2 aromatic carbocycles. The fourth-order valence-electron chi connectivity index (χ4n) is 1.78. The fraction of sp³-hybridized carbons (Fsp3) is 0.200. The number of anilines is 1. The maximum Gasteiger partial charge on any atom is 0.123 e. The molecule has 0 aromatic heterocycles. The topological polar surface area (TPSA) is 12.0 Å². The summed E-state index contributed by atoms with van der Waals surface area (Å²) in [6.07, 6.45) is 0.996. The second kappa shape index (κ2) is 5.87. The molecule has 2 rings (SSSR count). The average Bonchev–Trinajstić information content (AvgIpc) is 2.40. The second-order valence-electron chi connectivity index (χ2n) is 4.14. The lowest BCUT2D eigenvalue weighted by molar-refractivity contribution is 0.626. The molecule has 0 aliphatic rings. The average molecular weight is 264 g/mol. The van der Waals surface area contributed by atoms with E-state index in [9.17, 15) is 4.39 Å². The van der Waals surface area contributed by atoms with Gasteiger partial charge in [-0.1, -0.05) is 30.7 Å². The van der Waals surface area contributed by atoms with Gasteiger partial charge in [0.15, 0.2) is 0 Å². The predicted molar refractivity (Wildman–Crippen MR) is 74.6 cm³/mol. The van der Waals surface area contributed by atoms with Crippen LogP contribution in [0.3, 0.4) is 0 Å². The highest BCUT2D eigenvalue weighted by atomic mass is 35.5. The van der Waals surface area contributed by atoms with Crippen molar-refractivity contribution < 1.29 is 4.39 Å². The highest BCUT2D eigenvalue weighted by Gasteiger charge is 2.02. The standard InChI is InChI=1S/C15H15ClFN/c1-2-11-4-3-5-14(8-11)18-10-12-9-13(17)6-7-15(12)16/h3-9,18H,2,10H2,1H3. The van der Waals surface area contributed by atoms with Gasteiger partial charge in [-0.3, -0.25) is 0 Å². The van der Waals surface area contributed by atoms with Crippen LogP contribution in [0.2, 0.25) is 5.02 Å². The molecule has 0 saturated carbocycles. The quantitative estimate of drug-likeness (QED) is 0.846. The molecule has 0 heterocycles. The Morgan fingerprint density at radius 3 is 2.78 bits per heavy atom. The number of benzene rings is 2. The molecule has 3 heteroatoms. The van der Waals surface area contributed by atoms with Crippen molar-refractivity contribution in [3.8, 4) is 0 Å². The second-order valence-corrected chi connectivity index (χ2v) is 4.55. The van der Waals surface area contributed by atoms with E-state index < -0.39 is 0 Å². The van der Waals surface area contributed by atoms with Crippen molar-refractivity contribution in [1.29, 1.82) is 0 Å². The summed E-state index contributed by atoms with van der Waals surface area (Å²) in [5.74, 6) is -0.265. The van der Waals surface area contributed by atoms with Gasteiger partial charge >= 0.3 is 0 Å². The molecule has 0 saturated heterocycles. The highest BCUT2D eigenvalue weighted by Crippen LogP contribution is 2.19. The lowest BCUT2D eigenvalue weighted by Crippen LogP contribution is -2.01. The molecular weight excluding hydrogens is 249 g/mol. The fourth-order valence-corrected chi connectivity index (χ4v) is 1.96. The van der Waals surface area contributed by atoms with Gasteiger partial charge in [-0.05, 0) is 47.9 Å². The summed E-state index contributed by atoms with van der Waals surface area (Å²) in [6.45, 7) is 2.63. The van der Waals surface area contributed by atoms with E-state index in [4.69, 9.17) is 11.6 Å². The normalized spacial score (nSPS) is 10.4. The zero-order chi connectivity index (χ0) is 13.0. The van der Waals surface area contributed by atoms with E-state index in [1.807, 2.05) is 12.1 Å². The summed E-state index contributed by atoms with van der Waals surface area (Å²) in [6, 6.07) is 12.6. The third-order valence-corrected chi connectivity index (χ3v) is 3.19. The lowest BCUT2D eigenvalue weighted by atomic mass is 10.1. The Balaban J connectivity index is 2.08. The maximum absolute atomic E-state index is 13.1. The van der Waals surface area contributed by atoms with Crippen molar-refractivity contribution in [1.82, 2.24) is 0 Å². The monoisotopic (exact) mass is 263 g/mol. The number of nitrogens with one attached hydrogen (secondary N) is 1. The van der Waals surface area contributed by atoms with E-state index in [1.165, 1.54) is 17.7 Å². The van der Waals surface area contributed by atoms with Crippen molar-refractivity contribution in [2.45, 2.75) is 19.9 Å². The van der Waals surface area contributed by atoms with Crippen LogP contribution in [0.25, 0.3) is 0 Å². The zero-order valence-electron chi connectivity index (χ0n) is 10.2. The molecule has 1 N–H and O–H groups in total. The van der Waals surface area contributed by atoms with Gasteiger partial charge in [0.1, 0.15) is 5.82 Å². The Labute approximate surface area is 112 Å². The van der Waals surface area contributed by atoms with Gasteiger partial charge in [0.05, 0.1) is 0 Å². The first-order chi connectivity index (χ1) is 8.69. The number of hydrogen-bond acceptors (Lipinski definition) is 1. The van der Waals surface area contributed by atoms with Crippen molar-refractivity contribution in [2.75, 3.05) is 5.32 Å². The maximum atomic E-state index is 13.1. The molecule has 0 spiro atoms. The minimum atomic E-state index is -0.265. The summed E-state index contributed by atoms with van der Waals surface area (Å²) >= 11 is 6.01. The molecule has 0 bridgehead atoms. The lowest BCUT2D eigenvalue weighted by Gasteiger charge is -2.09. The Morgan fingerprint density at radius 1 is 1.17 bits per heavy atom. The van der Waals surface area contributed by atoms with Crippen LogP contribution in [0, 0.1) is 5.82 Å². The molecule has 18 heavy (non-hydrogen) atoms. The van der Waals surface area contributed by atoms with Crippen LogP contribution >= 0.6 is 11.6 Å². The third kappa shape index (κ3) is 3.23. The highest BCUT2D eigenvalue weighted by molar-refractivity contribution is 6.31. The Morgan fingerprint density at radius 2 is 2.00 bits per heavy atom. The number of rotatable bonds is 4. The molecule has 0 amide bonds. The summed E-state index contributed by atoms with van der Waals surface area (Å²) < 4.78 is 13.1. The molecule has 0 radical (unpaired) electrons. The van der Waals surface area contributed by atoms with Crippen LogP contribution in [-0.2, 0) is 13.0 Å². The van der Waals surface area contributed by atoms with Crippen molar-refractivity contribution in [2.24, 2.45) is 0 Å².